The Bertz CT molecular complexity index is 1330. The Labute approximate surface area is 189 Å². The van der Waals surface area contributed by atoms with Gasteiger partial charge in [-0.15, -0.1) is 0 Å². The van der Waals surface area contributed by atoms with Crippen molar-refractivity contribution in [3.05, 3.63) is 95.1 Å². The predicted octanol–water partition coefficient (Wildman–Crippen LogP) is 4.07. The molecule has 4 rings (SSSR count). The molecule has 1 N–H and O–H groups in total. The monoisotopic (exact) mass is 443 g/mol. The van der Waals surface area contributed by atoms with Crippen LogP contribution in [0.25, 0.3) is 17.2 Å². The van der Waals surface area contributed by atoms with E-state index in [4.69, 9.17) is 9.15 Å². The van der Waals surface area contributed by atoms with Crippen molar-refractivity contribution in [2.75, 3.05) is 12.0 Å². The number of Topliss-reactive ketones (excluding diaryl/α,β-unsaturated/α-hetero) is 1. The Morgan fingerprint density at radius 3 is 2.55 bits per heavy atom. The number of amides is 1. The first-order chi connectivity index (χ1) is 15.9. The number of aromatic nitrogens is 2. The van der Waals surface area contributed by atoms with Gasteiger partial charge in [0.25, 0.3) is 5.91 Å². The van der Waals surface area contributed by atoms with Gasteiger partial charge in [0.1, 0.15) is 5.52 Å². The van der Waals surface area contributed by atoms with Crippen molar-refractivity contribution in [1.82, 2.24) is 9.66 Å². The Kier molecular flexibility index (Phi) is 6.17. The Morgan fingerprint density at radius 2 is 1.79 bits per heavy atom. The van der Waals surface area contributed by atoms with E-state index >= 15 is 0 Å². The number of oxazole rings is 1. The third-order valence-electron chi connectivity index (χ3n) is 5.00. The van der Waals surface area contributed by atoms with Crippen LogP contribution in [0.4, 0.5) is 0 Å². The molecule has 4 aromatic rings. The molecule has 2 aromatic heterocycles. The molecule has 0 radical (unpaired) electrons. The second-order valence-corrected chi connectivity index (χ2v) is 7.31. The van der Waals surface area contributed by atoms with Gasteiger partial charge in [-0.2, -0.15) is 0 Å². The fourth-order valence-electron chi connectivity index (χ4n) is 3.34. The molecule has 0 aliphatic rings. The molecule has 8 nitrogen and oxygen atoms in total. The van der Waals surface area contributed by atoms with Gasteiger partial charge in [-0.25, -0.2) is 9.78 Å². The highest BCUT2D eigenvalue weighted by Gasteiger charge is 2.18. The van der Waals surface area contributed by atoms with Crippen LogP contribution in [-0.2, 0) is 9.53 Å². The van der Waals surface area contributed by atoms with Crippen LogP contribution in [0, 0.1) is 13.8 Å². The van der Waals surface area contributed by atoms with Crippen LogP contribution in [0.2, 0.25) is 0 Å². The van der Waals surface area contributed by atoms with Crippen molar-refractivity contribution < 1.29 is 23.5 Å². The Balaban J connectivity index is 1.37. The van der Waals surface area contributed by atoms with Crippen molar-refractivity contribution >= 4 is 34.8 Å². The lowest BCUT2D eigenvalue weighted by molar-refractivity contribution is -0.136. The van der Waals surface area contributed by atoms with Gasteiger partial charge in [0, 0.05) is 34.7 Å². The number of esters is 1. The highest BCUT2D eigenvalue weighted by atomic mass is 16.5. The van der Waals surface area contributed by atoms with Crippen molar-refractivity contribution in [3.8, 4) is 0 Å². The molecule has 166 valence electrons. The lowest BCUT2D eigenvalue weighted by atomic mass is 10.1. The summed E-state index contributed by atoms with van der Waals surface area (Å²) in [5.74, 6) is -1.12. The molecule has 33 heavy (non-hydrogen) atoms. The van der Waals surface area contributed by atoms with E-state index in [-0.39, 0.29) is 17.6 Å². The van der Waals surface area contributed by atoms with E-state index in [9.17, 15) is 14.4 Å². The first kappa shape index (κ1) is 21.8. The zero-order valence-corrected chi connectivity index (χ0v) is 18.1. The smallest absolute Gasteiger partial charge is 0.331 e. The minimum absolute atomic E-state index is 0.261. The van der Waals surface area contributed by atoms with Gasteiger partial charge in [-0.05, 0) is 44.2 Å². The number of para-hydroxylation sites is 2. The summed E-state index contributed by atoms with van der Waals surface area (Å²) < 4.78 is 12.1. The molecule has 2 heterocycles. The number of nitrogens with one attached hydrogen (secondary N) is 1. The normalized spacial score (nSPS) is 11.1. The lowest BCUT2D eigenvalue weighted by Gasteiger charge is -2.11. The summed E-state index contributed by atoms with van der Waals surface area (Å²) in [5, 5.41) is 0. The van der Waals surface area contributed by atoms with E-state index in [0.717, 1.165) is 6.08 Å². The van der Waals surface area contributed by atoms with Crippen molar-refractivity contribution in [2.24, 2.45) is 0 Å². The topological polar surface area (TPSA) is 103 Å². The summed E-state index contributed by atoms with van der Waals surface area (Å²) in [7, 11) is 0. The number of rotatable bonds is 7. The van der Waals surface area contributed by atoms with E-state index in [0.29, 0.717) is 33.6 Å². The van der Waals surface area contributed by atoms with Crippen molar-refractivity contribution in [2.45, 2.75) is 13.8 Å². The van der Waals surface area contributed by atoms with E-state index in [2.05, 4.69) is 10.4 Å². The third kappa shape index (κ3) is 4.90. The summed E-state index contributed by atoms with van der Waals surface area (Å²) in [6.45, 7) is 3.04. The number of carbonyl (C=O) groups is 3. The lowest BCUT2D eigenvalue weighted by Crippen LogP contribution is -2.25. The van der Waals surface area contributed by atoms with Gasteiger partial charge in [0.15, 0.2) is 12.2 Å². The number of hydrogen-bond acceptors (Lipinski definition) is 6. The zero-order chi connectivity index (χ0) is 23.4. The summed E-state index contributed by atoms with van der Waals surface area (Å²) in [6.07, 6.45) is 2.54. The van der Waals surface area contributed by atoms with Crippen LogP contribution in [0.5, 0.6) is 0 Å². The molecule has 1 amide bonds. The SMILES string of the molecule is Cc1cc(C(=O)COC(=O)/C=C/c2nc3ccccc3o2)c(C)n1NC(=O)c1ccccc1. The Morgan fingerprint density at radius 1 is 1.06 bits per heavy atom. The van der Waals surface area contributed by atoms with E-state index in [1.165, 1.54) is 10.8 Å². The maximum atomic E-state index is 12.6. The molecule has 0 aliphatic carbocycles. The highest BCUT2D eigenvalue weighted by molar-refractivity contribution is 6.02. The minimum Gasteiger partial charge on any atom is -0.454 e. The maximum Gasteiger partial charge on any atom is 0.331 e. The molecule has 2 aromatic carbocycles. The average Bonchev–Trinajstić information content (AvgIpc) is 3.37. The molecule has 8 heteroatoms. The van der Waals surface area contributed by atoms with Gasteiger partial charge >= 0.3 is 5.97 Å². The molecule has 0 aliphatic heterocycles. The molecule has 0 saturated heterocycles. The zero-order valence-electron chi connectivity index (χ0n) is 18.1. The predicted molar refractivity (Wildman–Crippen MR) is 122 cm³/mol. The van der Waals surface area contributed by atoms with Gasteiger partial charge in [-0.3, -0.25) is 19.7 Å². The molecule has 0 bridgehead atoms. The highest BCUT2D eigenvalue weighted by Crippen LogP contribution is 2.17. The van der Waals surface area contributed by atoms with Crippen LogP contribution in [0.15, 0.2) is 71.2 Å². The van der Waals surface area contributed by atoms with E-state index in [1.807, 2.05) is 18.2 Å². The fraction of sp³-hybridized carbons (Fsp3) is 0.120. The molecule has 0 spiro atoms. The van der Waals surface area contributed by atoms with Gasteiger partial charge in [0.05, 0.1) is 0 Å². The minimum atomic E-state index is -0.697. The second-order valence-electron chi connectivity index (χ2n) is 7.31. The first-order valence-electron chi connectivity index (χ1n) is 10.2. The molecular formula is C25H21N3O5. The quantitative estimate of drug-likeness (QED) is 0.262. The van der Waals surface area contributed by atoms with E-state index in [1.54, 1.807) is 56.3 Å². The van der Waals surface area contributed by atoms with Crippen LogP contribution in [-0.4, -0.2) is 33.9 Å². The molecule has 0 saturated carbocycles. The second kappa shape index (κ2) is 9.35. The van der Waals surface area contributed by atoms with Crippen LogP contribution in [0.1, 0.15) is 38.0 Å². The number of benzene rings is 2. The first-order valence-corrected chi connectivity index (χ1v) is 10.2. The largest absolute Gasteiger partial charge is 0.454 e. The van der Waals surface area contributed by atoms with Crippen molar-refractivity contribution in [1.29, 1.82) is 0 Å². The average molecular weight is 443 g/mol. The molecule has 0 fully saturated rings. The molecular weight excluding hydrogens is 422 g/mol. The van der Waals surface area contributed by atoms with E-state index < -0.39 is 12.6 Å². The summed E-state index contributed by atoms with van der Waals surface area (Å²) in [5.41, 5.74) is 6.12. The van der Waals surface area contributed by atoms with Gasteiger partial charge in [-0.1, -0.05) is 30.3 Å². The standard InChI is InChI=1S/C25H21N3O5/c1-16-14-19(17(2)28(16)27-25(31)18-8-4-3-5-9-18)21(29)15-32-24(30)13-12-23-26-20-10-6-7-11-22(20)33-23/h3-14H,15H2,1-2H3,(H,27,31)/b13-12+. The van der Waals surface area contributed by atoms with Crippen molar-refractivity contribution in [3.63, 3.8) is 0 Å². The number of ether oxygens (including phenoxy) is 1. The molecule has 0 unspecified atom stereocenters. The number of hydrogen-bond donors (Lipinski definition) is 1. The number of carbonyl (C=O) groups excluding carboxylic acids is 3. The van der Waals surface area contributed by atoms with Crippen LogP contribution in [0.3, 0.4) is 0 Å². The number of nitrogens with zero attached hydrogens (tertiary/aromatic N) is 2. The molecule has 0 atom stereocenters. The van der Waals surface area contributed by atoms with Gasteiger partial charge in [0.2, 0.25) is 11.7 Å². The Hall–Kier alpha value is -4.46. The van der Waals surface area contributed by atoms with Crippen LogP contribution < -0.4 is 5.43 Å². The maximum absolute atomic E-state index is 12.6. The number of ketones is 1. The summed E-state index contributed by atoms with van der Waals surface area (Å²) in [6, 6.07) is 17.6. The summed E-state index contributed by atoms with van der Waals surface area (Å²) in [4.78, 5) is 41.3. The summed E-state index contributed by atoms with van der Waals surface area (Å²) >= 11 is 0. The van der Waals surface area contributed by atoms with Crippen LogP contribution >= 0.6 is 0 Å². The van der Waals surface area contributed by atoms with Gasteiger partial charge < -0.3 is 9.15 Å². The third-order valence-corrected chi connectivity index (χ3v) is 5.00. The number of fused-ring (bicyclic) bond motifs is 1. The fourth-order valence-corrected chi connectivity index (χ4v) is 3.34. The number of aryl methyl sites for hydroxylation is 1.